The zero-order valence-electron chi connectivity index (χ0n) is 34.8. The van der Waals surface area contributed by atoms with Gasteiger partial charge in [-0.1, -0.05) is 29.8 Å². The smallest absolute Gasteiger partial charge is 0.262 e. The molecule has 2 aromatic heterocycles. The number of nitrogens with zero attached hydrogens (tertiary/aromatic N) is 6. The summed E-state index contributed by atoms with van der Waals surface area (Å²) < 4.78 is 7.95. The number of nitrogens with one attached hydrogen (secondary N) is 3. The number of piperidine rings is 1. The van der Waals surface area contributed by atoms with Gasteiger partial charge in [-0.25, -0.2) is 4.98 Å². The maximum atomic E-state index is 13.6. The number of azo groups is 1. The number of amides is 5. The van der Waals surface area contributed by atoms with Crippen LogP contribution in [-0.2, 0) is 25.7 Å². The van der Waals surface area contributed by atoms with Crippen LogP contribution in [0, 0.1) is 20.8 Å². The second-order valence-corrected chi connectivity index (χ2v) is 17.3. The minimum Gasteiger partial charge on any atom is -0.483 e. The van der Waals surface area contributed by atoms with Crippen LogP contribution < -0.4 is 20.7 Å². The van der Waals surface area contributed by atoms with Gasteiger partial charge in [0.25, 0.3) is 11.8 Å². The fourth-order valence-corrected chi connectivity index (χ4v) is 9.35. The molecule has 6 aromatic rings. The van der Waals surface area contributed by atoms with Crippen molar-refractivity contribution in [3.05, 3.63) is 146 Å². The SMILES string of the molecule is Cc1sc2c(c1C)C(c1ccc(Cl)cc1)=N[C@@H](CC(=O)Nc1ccc(N=Nc3ccc(NC(=O)COc4cccc5c4CN(C4CCC(=O)NC4=O)C5=O)cc3)cc1)c1ncc(C)n1-2. The van der Waals surface area contributed by atoms with Crippen LogP contribution in [0.2, 0.25) is 5.02 Å². The van der Waals surface area contributed by atoms with Crippen LogP contribution in [-0.4, -0.2) is 62.3 Å². The summed E-state index contributed by atoms with van der Waals surface area (Å²) in [6, 6.07) is 25.1. The topological polar surface area (TPSA) is 189 Å². The summed E-state index contributed by atoms with van der Waals surface area (Å²) in [7, 11) is 0. The highest BCUT2D eigenvalue weighted by molar-refractivity contribution is 7.15. The summed E-state index contributed by atoms with van der Waals surface area (Å²) in [5.41, 5.74) is 8.02. The van der Waals surface area contributed by atoms with Crippen molar-refractivity contribution in [2.45, 2.75) is 58.7 Å². The zero-order chi connectivity index (χ0) is 44.6. The van der Waals surface area contributed by atoms with Crippen molar-refractivity contribution in [2.75, 3.05) is 17.2 Å². The molecule has 3 aliphatic heterocycles. The van der Waals surface area contributed by atoms with Crippen molar-refractivity contribution >= 4 is 80.9 Å². The third-order valence-corrected chi connectivity index (χ3v) is 12.8. The molecule has 0 aliphatic carbocycles. The number of aromatic nitrogens is 2. The number of fused-ring (bicyclic) bond motifs is 4. The largest absolute Gasteiger partial charge is 0.483 e. The number of aliphatic imine (C=N–C) groups is 1. The van der Waals surface area contributed by atoms with Crippen LogP contribution in [0.25, 0.3) is 5.00 Å². The van der Waals surface area contributed by atoms with Crippen molar-refractivity contribution in [3.8, 4) is 10.8 Å². The normalized spacial score (nSPS) is 16.7. The number of hydrogen-bond donors (Lipinski definition) is 3. The summed E-state index contributed by atoms with van der Waals surface area (Å²) in [6.45, 7) is 6.02. The molecule has 9 rings (SSSR count). The molecule has 1 unspecified atom stereocenters. The van der Waals surface area contributed by atoms with Gasteiger partial charge < -0.3 is 20.3 Å². The molecule has 15 nitrogen and oxygen atoms in total. The molecule has 4 aromatic carbocycles. The summed E-state index contributed by atoms with van der Waals surface area (Å²) in [5, 5.41) is 18.4. The number of anilines is 2. The van der Waals surface area contributed by atoms with E-state index in [1.54, 1.807) is 78.1 Å². The van der Waals surface area contributed by atoms with Crippen molar-refractivity contribution in [2.24, 2.45) is 15.2 Å². The molecule has 0 saturated carbocycles. The number of thiophene rings is 1. The van der Waals surface area contributed by atoms with Gasteiger partial charge in [0.1, 0.15) is 28.7 Å². The fourth-order valence-electron chi connectivity index (χ4n) is 8.00. The van der Waals surface area contributed by atoms with E-state index in [-0.39, 0.29) is 50.1 Å². The molecule has 64 heavy (non-hydrogen) atoms. The first kappa shape index (κ1) is 42.0. The lowest BCUT2D eigenvalue weighted by Gasteiger charge is -2.29. The van der Waals surface area contributed by atoms with E-state index in [2.05, 4.69) is 44.6 Å². The molecule has 5 amide bonds. The molecule has 1 fully saturated rings. The Morgan fingerprint density at radius 3 is 2.23 bits per heavy atom. The van der Waals surface area contributed by atoms with Gasteiger partial charge in [0.15, 0.2) is 6.61 Å². The van der Waals surface area contributed by atoms with Crippen LogP contribution >= 0.6 is 22.9 Å². The number of carbonyl (C=O) groups is 5. The van der Waals surface area contributed by atoms with E-state index < -0.39 is 23.9 Å². The first-order valence-electron chi connectivity index (χ1n) is 20.5. The third-order valence-electron chi connectivity index (χ3n) is 11.3. The van der Waals surface area contributed by atoms with Gasteiger partial charge >= 0.3 is 0 Å². The minimum atomic E-state index is -0.755. The Morgan fingerprint density at radius 2 is 1.56 bits per heavy atom. The predicted molar refractivity (Wildman–Crippen MR) is 242 cm³/mol. The summed E-state index contributed by atoms with van der Waals surface area (Å²) in [5.74, 6) is -0.761. The standard InChI is InChI=1S/C47H40ClN9O6S/c1-25-22-49-44-36(52-43(28-7-9-29(48)10-8-28)42-26(2)27(3)64-47(42)57(25)44)21-40(59)50-30-11-15-32(16-12-30)54-55-33-17-13-31(14-18-33)51-41(60)24-63-38-6-4-5-34-35(38)23-56(46(34)62)37-19-20-39(58)53-45(37)61/h4-18,22,36-37H,19-21,23-24H2,1-3H3,(H,50,59)(H,51,60)(H,53,58,61)/t36-,37?/m0/s1. The van der Waals surface area contributed by atoms with E-state index >= 15 is 0 Å². The lowest BCUT2D eigenvalue weighted by Crippen LogP contribution is -2.52. The number of carbonyl (C=O) groups excluding carboxylic acids is 5. The lowest BCUT2D eigenvalue weighted by atomic mass is 9.99. The lowest BCUT2D eigenvalue weighted by molar-refractivity contribution is -0.137. The molecule has 2 atom stereocenters. The fraction of sp³-hybridized carbons (Fsp3) is 0.213. The van der Waals surface area contributed by atoms with Crippen LogP contribution in [0.3, 0.4) is 0 Å². The highest BCUT2D eigenvalue weighted by Crippen LogP contribution is 2.40. The van der Waals surface area contributed by atoms with Gasteiger partial charge in [0, 0.05) is 61.8 Å². The van der Waals surface area contributed by atoms with Gasteiger partial charge in [-0.05, 0) is 106 Å². The molecule has 0 radical (unpaired) electrons. The van der Waals surface area contributed by atoms with Gasteiger partial charge in [0.2, 0.25) is 17.7 Å². The Kier molecular flexibility index (Phi) is 11.5. The number of rotatable bonds is 11. The first-order chi connectivity index (χ1) is 30.9. The quantitative estimate of drug-likeness (QED) is 0.0857. The highest BCUT2D eigenvalue weighted by atomic mass is 35.5. The Labute approximate surface area is 376 Å². The Hall–Kier alpha value is -7.30. The number of aryl methyl sites for hydroxylation is 2. The maximum absolute atomic E-state index is 13.6. The number of ether oxygens (including phenoxy) is 1. The second-order valence-electron chi connectivity index (χ2n) is 15.6. The monoisotopic (exact) mass is 893 g/mol. The number of hydrogen-bond acceptors (Lipinski definition) is 11. The third kappa shape index (κ3) is 8.44. The summed E-state index contributed by atoms with van der Waals surface area (Å²) in [6.07, 6.45) is 2.28. The summed E-state index contributed by atoms with van der Waals surface area (Å²) >= 11 is 7.94. The molecular weight excluding hydrogens is 854 g/mol. The molecule has 3 N–H and O–H groups in total. The summed E-state index contributed by atoms with van der Waals surface area (Å²) in [4.78, 5) is 76.2. The highest BCUT2D eigenvalue weighted by Gasteiger charge is 2.40. The number of halogens is 1. The van der Waals surface area contributed by atoms with E-state index in [4.69, 9.17) is 26.3 Å². The van der Waals surface area contributed by atoms with E-state index in [0.29, 0.717) is 50.5 Å². The number of imidazole rings is 1. The van der Waals surface area contributed by atoms with Crippen molar-refractivity contribution in [1.82, 2.24) is 19.8 Å². The second kappa shape index (κ2) is 17.5. The molecule has 0 spiro atoms. The van der Waals surface area contributed by atoms with Gasteiger partial charge in [-0.15, -0.1) is 11.3 Å². The average Bonchev–Trinajstić information content (AvgIpc) is 3.90. The van der Waals surface area contributed by atoms with E-state index in [1.165, 1.54) is 9.78 Å². The van der Waals surface area contributed by atoms with Crippen molar-refractivity contribution < 1.29 is 28.7 Å². The predicted octanol–water partition coefficient (Wildman–Crippen LogP) is 8.63. The number of imide groups is 1. The average molecular weight is 894 g/mol. The first-order valence-corrected chi connectivity index (χ1v) is 21.7. The van der Waals surface area contributed by atoms with Gasteiger partial charge in [-0.3, -0.25) is 38.8 Å². The van der Waals surface area contributed by atoms with Crippen LogP contribution in [0.1, 0.15) is 74.3 Å². The minimum absolute atomic E-state index is 0.0649. The van der Waals surface area contributed by atoms with E-state index in [0.717, 1.165) is 33.1 Å². The van der Waals surface area contributed by atoms with E-state index in [9.17, 15) is 24.0 Å². The Bertz CT molecular complexity index is 2920. The Morgan fingerprint density at radius 1 is 0.891 bits per heavy atom. The van der Waals surface area contributed by atoms with Crippen LogP contribution in [0.15, 0.2) is 112 Å². The molecule has 322 valence electrons. The van der Waals surface area contributed by atoms with Crippen molar-refractivity contribution in [3.63, 3.8) is 0 Å². The molecule has 3 aliphatic rings. The maximum Gasteiger partial charge on any atom is 0.262 e. The van der Waals surface area contributed by atoms with E-state index in [1.807, 2.05) is 37.4 Å². The molecule has 0 bridgehead atoms. The van der Waals surface area contributed by atoms with Gasteiger partial charge in [-0.2, -0.15) is 10.2 Å². The van der Waals surface area contributed by atoms with Crippen LogP contribution in [0.4, 0.5) is 22.7 Å². The molecule has 17 heteroatoms. The molecule has 1 saturated heterocycles. The number of benzene rings is 4. The van der Waals surface area contributed by atoms with Crippen molar-refractivity contribution in [1.29, 1.82) is 0 Å². The van der Waals surface area contributed by atoms with Gasteiger partial charge in [0.05, 0.1) is 30.1 Å². The van der Waals surface area contributed by atoms with Crippen LogP contribution in [0.5, 0.6) is 5.75 Å². The zero-order valence-corrected chi connectivity index (χ0v) is 36.4. The molecule has 5 heterocycles. The molecular formula is C47H40ClN9O6S. The Balaban J connectivity index is 0.797.